The van der Waals surface area contributed by atoms with Gasteiger partial charge in [0.05, 0.1) is 11.8 Å². The van der Waals surface area contributed by atoms with Gasteiger partial charge in [-0.2, -0.15) is 0 Å². The van der Waals surface area contributed by atoms with E-state index in [9.17, 15) is 14.0 Å². The summed E-state index contributed by atoms with van der Waals surface area (Å²) in [6.45, 7) is 0. The number of halogens is 2. The summed E-state index contributed by atoms with van der Waals surface area (Å²) in [6, 6.07) is 5.15. The first-order valence-electron chi connectivity index (χ1n) is 5.58. The molecule has 0 spiro atoms. The number of carbonyl (C=O) groups is 2. The maximum Gasteiger partial charge on any atom is 0.297 e. The minimum atomic E-state index is -1.01. The number of anilines is 1. The molecule has 0 saturated carbocycles. The zero-order valence-electron chi connectivity index (χ0n) is 10.5. The van der Waals surface area contributed by atoms with Crippen LogP contribution in [0.1, 0.15) is 20.8 Å². The molecule has 4 N–H and O–H groups in total. The van der Waals surface area contributed by atoms with Crippen LogP contribution in [-0.4, -0.2) is 26.8 Å². The van der Waals surface area contributed by atoms with Gasteiger partial charge in [-0.25, -0.2) is 25.2 Å². The Balaban J connectivity index is 2.33. The number of nitrogens with two attached hydrogens (primary N) is 2. The van der Waals surface area contributed by atoms with Gasteiger partial charge in [0.1, 0.15) is 10.4 Å². The lowest BCUT2D eigenvalue weighted by Gasteiger charge is -2.15. The highest BCUT2D eigenvalue weighted by Crippen LogP contribution is 2.14. The second-order valence-corrected chi connectivity index (χ2v) is 4.70. The molecule has 21 heavy (non-hydrogen) atoms. The third-order valence-corrected chi connectivity index (χ3v) is 2.90. The molecule has 0 radical (unpaired) electrons. The second kappa shape index (κ2) is 5.94. The van der Waals surface area contributed by atoms with Gasteiger partial charge in [0.15, 0.2) is 11.5 Å². The number of carbonyl (C=O) groups excluding carboxylic acids is 2. The predicted octanol–water partition coefficient (Wildman–Crippen LogP) is 1.12. The van der Waals surface area contributed by atoms with E-state index in [2.05, 4.69) is 25.9 Å². The van der Waals surface area contributed by atoms with Crippen LogP contribution in [0.15, 0.2) is 35.1 Å². The van der Waals surface area contributed by atoms with E-state index in [0.717, 1.165) is 6.07 Å². The number of benzene rings is 1. The number of hydrogen-bond donors (Lipinski definition) is 2. The van der Waals surface area contributed by atoms with Crippen molar-refractivity contribution in [1.82, 2.24) is 15.0 Å². The molecule has 7 nitrogen and oxygen atoms in total. The highest BCUT2D eigenvalue weighted by atomic mass is 79.9. The van der Waals surface area contributed by atoms with Crippen LogP contribution in [-0.2, 0) is 0 Å². The van der Waals surface area contributed by atoms with E-state index in [1.807, 2.05) is 0 Å². The second-order valence-electron chi connectivity index (χ2n) is 3.89. The summed E-state index contributed by atoms with van der Waals surface area (Å²) >= 11 is 3.02. The summed E-state index contributed by atoms with van der Waals surface area (Å²) in [7, 11) is 0. The van der Waals surface area contributed by atoms with Gasteiger partial charge in [-0.15, -0.1) is 0 Å². The first-order chi connectivity index (χ1) is 9.91. The van der Waals surface area contributed by atoms with Gasteiger partial charge in [-0.05, 0) is 28.1 Å². The van der Waals surface area contributed by atoms with E-state index < -0.39 is 17.6 Å². The van der Waals surface area contributed by atoms with Gasteiger partial charge in [0.25, 0.3) is 11.8 Å². The number of hydrogen-bond acceptors (Lipinski definition) is 6. The molecule has 0 fully saturated rings. The Morgan fingerprint density at radius 3 is 2.57 bits per heavy atom. The van der Waals surface area contributed by atoms with Crippen molar-refractivity contribution in [2.24, 2.45) is 5.84 Å². The largest absolute Gasteiger partial charge is 0.382 e. The lowest BCUT2D eigenvalue weighted by atomic mass is 10.2. The SMILES string of the molecule is Nc1ncc(Br)nc1C(=O)N(N)C(=O)c1ccccc1F. The van der Waals surface area contributed by atoms with Gasteiger partial charge in [-0.1, -0.05) is 12.1 Å². The van der Waals surface area contributed by atoms with Crippen LogP contribution < -0.4 is 11.6 Å². The minimum Gasteiger partial charge on any atom is -0.382 e. The molecule has 0 aliphatic carbocycles. The van der Waals surface area contributed by atoms with Crippen molar-refractivity contribution in [2.45, 2.75) is 0 Å². The van der Waals surface area contributed by atoms with Crippen molar-refractivity contribution in [1.29, 1.82) is 0 Å². The van der Waals surface area contributed by atoms with Crippen molar-refractivity contribution < 1.29 is 14.0 Å². The van der Waals surface area contributed by atoms with Crippen LogP contribution >= 0.6 is 15.9 Å². The highest BCUT2D eigenvalue weighted by molar-refractivity contribution is 9.10. The van der Waals surface area contributed by atoms with E-state index in [1.54, 1.807) is 0 Å². The molecule has 1 aromatic heterocycles. The van der Waals surface area contributed by atoms with Crippen molar-refractivity contribution in [3.8, 4) is 0 Å². The Kier molecular flexibility index (Phi) is 4.24. The molecule has 9 heteroatoms. The van der Waals surface area contributed by atoms with Gasteiger partial charge < -0.3 is 5.73 Å². The van der Waals surface area contributed by atoms with E-state index in [0.29, 0.717) is 0 Å². The van der Waals surface area contributed by atoms with Gasteiger partial charge in [-0.3, -0.25) is 9.59 Å². The minimum absolute atomic E-state index is 0.194. The Morgan fingerprint density at radius 2 is 1.90 bits per heavy atom. The van der Waals surface area contributed by atoms with Gasteiger partial charge in [0, 0.05) is 0 Å². The fourth-order valence-electron chi connectivity index (χ4n) is 1.51. The number of rotatable bonds is 2. The first-order valence-corrected chi connectivity index (χ1v) is 6.37. The van der Waals surface area contributed by atoms with Crippen molar-refractivity contribution >= 4 is 33.6 Å². The Hall–Kier alpha value is -2.39. The molecule has 0 bridgehead atoms. The molecular weight excluding hydrogens is 345 g/mol. The first kappa shape index (κ1) is 15.0. The molecule has 0 saturated heterocycles. The zero-order chi connectivity index (χ0) is 15.6. The van der Waals surface area contributed by atoms with E-state index in [1.165, 1.54) is 24.4 Å². The summed E-state index contributed by atoms with van der Waals surface area (Å²) in [4.78, 5) is 31.6. The normalized spacial score (nSPS) is 10.2. The van der Waals surface area contributed by atoms with Crippen LogP contribution in [0, 0.1) is 5.82 Å². The number of nitrogen functional groups attached to an aromatic ring is 1. The van der Waals surface area contributed by atoms with Crippen molar-refractivity contribution in [3.05, 3.63) is 52.1 Å². The number of hydrazine groups is 1. The highest BCUT2D eigenvalue weighted by Gasteiger charge is 2.26. The summed E-state index contributed by atoms with van der Waals surface area (Å²) in [5, 5.41) is 0.241. The molecule has 0 unspecified atom stereocenters. The third-order valence-electron chi connectivity index (χ3n) is 2.52. The Bertz CT molecular complexity index is 725. The van der Waals surface area contributed by atoms with Crippen molar-refractivity contribution in [2.75, 3.05) is 5.73 Å². The number of aromatic nitrogens is 2. The fourth-order valence-corrected chi connectivity index (χ4v) is 1.78. The summed E-state index contributed by atoms with van der Waals surface area (Å²) in [5.41, 5.74) is 4.87. The molecule has 2 rings (SSSR count). The molecule has 0 aliphatic rings. The van der Waals surface area contributed by atoms with Crippen LogP contribution in [0.2, 0.25) is 0 Å². The monoisotopic (exact) mass is 353 g/mol. The molecule has 2 aromatic rings. The fraction of sp³-hybridized carbons (Fsp3) is 0. The lowest BCUT2D eigenvalue weighted by Crippen LogP contribution is -2.43. The van der Waals surface area contributed by atoms with E-state index >= 15 is 0 Å². The van der Waals surface area contributed by atoms with Gasteiger partial charge in [0.2, 0.25) is 0 Å². The van der Waals surface area contributed by atoms with E-state index in [4.69, 9.17) is 11.6 Å². The summed E-state index contributed by atoms with van der Waals surface area (Å²) < 4.78 is 13.8. The average Bonchev–Trinajstić information content (AvgIpc) is 2.48. The maximum absolute atomic E-state index is 13.5. The molecule has 0 atom stereocenters. The Morgan fingerprint density at radius 1 is 1.24 bits per heavy atom. The Labute approximate surface area is 126 Å². The molecular formula is C12H9BrFN5O2. The number of imide groups is 1. The predicted molar refractivity (Wildman–Crippen MR) is 75.2 cm³/mol. The van der Waals surface area contributed by atoms with Crippen LogP contribution in [0.5, 0.6) is 0 Å². The van der Waals surface area contributed by atoms with Crippen molar-refractivity contribution in [3.63, 3.8) is 0 Å². The quantitative estimate of drug-likeness (QED) is 0.361. The lowest BCUT2D eigenvalue weighted by molar-refractivity contribution is 0.0609. The number of nitrogens with zero attached hydrogens (tertiary/aromatic N) is 3. The average molecular weight is 354 g/mol. The van der Waals surface area contributed by atoms with E-state index in [-0.39, 0.29) is 26.7 Å². The molecule has 1 aromatic carbocycles. The van der Waals surface area contributed by atoms with Crippen LogP contribution in [0.3, 0.4) is 0 Å². The molecule has 1 heterocycles. The molecule has 108 valence electrons. The standard InChI is InChI=1S/C12H9BrFN5O2/c13-8-5-17-10(15)9(18-8)12(21)19(16)11(20)6-3-1-2-4-7(6)14/h1-5H,16H2,(H2,15,17). The summed E-state index contributed by atoms with van der Waals surface area (Å²) in [5.74, 6) is 2.45. The smallest absolute Gasteiger partial charge is 0.297 e. The zero-order valence-corrected chi connectivity index (χ0v) is 12.0. The maximum atomic E-state index is 13.5. The van der Waals surface area contributed by atoms with Gasteiger partial charge >= 0.3 is 0 Å². The topological polar surface area (TPSA) is 115 Å². The third kappa shape index (κ3) is 3.03. The van der Waals surface area contributed by atoms with Crippen LogP contribution in [0.25, 0.3) is 0 Å². The summed E-state index contributed by atoms with van der Waals surface area (Å²) in [6.07, 6.45) is 1.28. The molecule has 2 amide bonds. The number of amides is 2. The van der Waals surface area contributed by atoms with Crippen LogP contribution in [0.4, 0.5) is 10.2 Å². The molecule has 0 aliphatic heterocycles.